The molecule has 0 aliphatic carbocycles. The molecule has 0 radical (unpaired) electrons. The zero-order chi connectivity index (χ0) is 23.0. The van der Waals surface area contributed by atoms with Gasteiger partial charge >= 0.3 is 11.9 Å². The van der Waals surface area contributed by atoms with Gasteiger partial charge in [0.05, 0.1) is 29.2 Å². The lowest BCUT2D eigenvalue weighted by molar-refractivity contribution is -0.146. The number of benzene rings is 1. The summed E-state index contributed by atoms with van der Waals surface area (Å²) in [6.45, 7) is 5.12. The SMILES string of the molecule is CCOC(=O)COc1c(Br)cc(/C=C2/SC(=O)N(CC(=O)OCC)C2=O)cc1OCC. The summed E-state index contributed by atoms with van der Waals surface area (Å²) in [5.41, 5.74) is 0.556. The number of rotatable bonds is 10. The van der Waals surface area contributed by atoms with E-state index in [0.717, 1.165) is 16.7 Å². The average molecular weight is 516 g/mol. The minimum absolute atomic E-state index is 0.156. The Morgan fingerprint density at radius 1 is 1.03 bits per heavy atom. The predicted molar refractivity (Wildman–Crippen MR) is 117 cm³/mol. The van der Waals surface area contributed by atoms with Gasteiger partial charge in [0.15, 0.2) is 18.1 Å². The topological polar surface area (TPSA) is 108 Å². The van der Waals surface area contributed by atoms with E-state index in [0.29, 0.717) is 28.1 Å². The van der Waals surface area contributed by atoms with Crippen LogP contribution in [0.1, 0.15) is 26.3 Å². The molecule has 1 aromatic carbocycles. The number of carbonyl (C=O) groups is 4. The van der Waals surface area contributed by atoms with Gasteiger partial charge in [-0.2, -0.15) is 0 Å². The Hall–Kier alpha value is -2.53. The van der Waals surface area contributed by atoms with Crippen molar-refractivity contribution < 1.29 is 38.1 Å². The average Bonchev–Trinajstić information content (AvgIpc) is 2.95. The van der Waals surface area contributed by atoms with Crippen molar-refractivity contribution >= 4 is 56.9 Å². The second kappa shape index (κ2) is 11.8. The second-order valence-electron chi connectivity index (χ2n) is 5.93. The number of esters is 2. The van der Waals surface area contributed by atoms with E-state index in [-0.39, 0.29) is 24.7 Å². The first-order valence-electron chi connectivity index (χ1n) is 9.46. The first-order chi connectivity index (χ1) is 14.8. The van der Waals surface area contributed by atoms with Crippen LogP contribution < -0.4 is 9.47 Å². The van der Waals surface area contributed by atoms with Crippen molar-refractivity contribution in [3.63, 3.8) is 0 Å². The van der Waals surface area contributed by atoms with E-state index in [1.807, 2.05) is 0 Å². The third kappa shape index (κ3) is 6.73. The lowest BCUT2D eigenvalue weighted by Gasteiger charge is -2.14. The quantitative estimate of drug-likeness (QED) is 0.342. The fourth-order valence-electron chi connectivity index (χ4n) is 2.53. The summed E-state index contributed by atoms with van der Waals surface area (Å²) in [7, 11) is 0. The Morgan fingerprint density at radius 3 is 2.35 bits per heavy atom. The van der Waals surface area contributed by atoms with Gasteiger partial charge in [0.1, 0.15) is 6.54 Å². The van der Waals surface area contributed by atoms with Crippen LogP contribution >= 0.6 is 27.7 Å². The minimum atomic E-state index is -0.657. The van der Waals surface area contributed by atoms with E-state index in [9.17, 15) is 19.2 Å². The lowest BCUT2D eigenvalue weighted by atomic mass is 10.2. The van der Waals surface area contributed by atoms with Gasteiger partial charge in [-0.25, -0.2) is 4.79 Å². The second-order valence-corrected chi connectivity index (χ2v) is 7.78. The highest BCUT2D eigenvalue weighted by atomic mass is 79.9. The molecular weight excluding hydrogens is 494 g/mol. The molecule has 9 nitrogen and oxygen atoms in total. The van der Waals surface area contributed by atoms with Gasteiger partial charge in [-0.15, -0.1) is 0 Å². The van der Waals surface area contributed by atoms with Crippen LogP contribution in [-0.4, -0.2) is 61.0 Å². The molecule has 0 bridgehead atoms. The summed E-state index contributed by atoms with van der Waals surface area (Å²) < 4.78 is 21.3. The number of halogens is 1. The van der Waals surface area contributed by atoms with Gasteiger partial charge < -0.3 is 18.9 Å². The lowest BCUT2D eigenvalue weighted by Crippen LogP contribution is -2.34. The van der Waals surface area contributed by atoms with Crippen LogP contribution in [0.25, 0.3) is 6.08 Å². The standard InChI is InChI=1S/C20H22BrNO8S/c1-4-27-14-8-12(7-13(21)18(14)30-11-17(24)29-6-3)9-15-19(25)22(20(26)31-15)10-16(23)28-5-2/h7-9H,4-6,10-11H2,1-3H3/b15-9+. The number of hydrogen-bond acceptors (Lipinski definition) is 9. The summed E-state index contributed by atoms with van der Waals surface area (Å²) in [6, 6.07) is 3.27. The van der Waals surface area contributed by atoms with Crippen LogP contribution in [0.5, 0.6) is 11.5 Å². The monoisotopic (exact) mass is 515 g/mol. The van der Waals surface area contributed by atoms with Crippen molar-refractivity contribution in [2.45, 2.75) is 20.8 Å². The van der Waals surface area contributed by atoms with E-state index in [1.54, 1.807) is 32.9 Å². The molecule has 2 amide bonds. The Bertz CT molecular complexity index is 901. The molecule has 11 heteroatoms. The number of carbonyl (C=O) groups excluding carboxylic acids is 4. The molecule has 2 rings (SSSR count). The largest absolute Gasteiger partial charge is 0.490 e. The zero-order valence-corrected chi connectivity index (χ0v) is 19.7. The smallest absolute Gasteiger partial charge is 0.344 e. The Kier molecular flexibility index (Phi) is 9.38. The van der Waals surface area contributed by atoms with Crippen molar-refractivity contribution in [1.82, 2.24) is 4.90 Å². The maximum absolute atomic E-state index is 12.6. The molecule has 1 saturated heterocycles. The fourth-order valence-corrected chi connectivity index (χ4v) is 3.94. The van der Waals surface area contributed by atoms with Crippen LogP contribution in [0.2, 0.25) is 0 Å². The van der Waals surface area contributed by atoms with Gasteiger partial charge in [-0.05, 0) is 72.2 Å². The fraction of sp³-hybridized carbons (Fsp3) is 0.400. The highest BCUT2D eigenvalue weighted by Gasteiger charge is 2.36. The Labute approximate surface area is 192 Å². The van der Waals surface area contributed by atoms with E-state index in [2.05, 4.69) is 15.9 Å². The highest BCUT2D eigenvalue weighted by Crippen LogP contribution is 2.39. The van der Waals surface area contributed by atoms with Gasteiger partial charge in [-0.3, -0.25) is 19.3 Å². The Balaban J connectivity index is 2.25. The van der Waals surface area contributed by atoms with Gasteiger partial charge in [-0.1, -0.05) is 0 Å². The highest BCUT2D eigenvalue weighted by molar-refractivity contribution is 9.10. The van der Waals surface area contributed by atoms with E-state index < -0.39 is 29.6 Å². The molecule has 1 aromatic rings. The number of hydrogen-bond donors (Lipinski definition) is 0. The van der Waals surface area contributed by atoms with Gasteiger partial charge in [0, 0.05) is 0 Å². The molecule has 0 spiro atoms. The van der Waals surface area contributed by atoms with Crippen LogP contribution in [0, 0.1) is 0 Å². The minimum Gasteiger partial charge on any atom is -0.490 e. The van der Waals surface area contributed by atoms with Crippen LogP contribution in [0.3, 0.4) is 0 Å². The first-order valence-corrected chi connectivity index (χ1v) is 11.1. The summed E-state index contributed by atoms with van der Waals surface area (Å²) in [6.07, 6.45) is 1.51. The maximum atomic E-state index is 12.6. The molecule has 0 N–H and O–H groups in total. The molecule has 1 heterocycles. The summed E-state index contributed by atoms with van der Waals surface area (Å²) in [5.74, 6) is -1.10. The summed E-state index contributed by atoms with van der Waals surface area (Å²) in [4.78, 5) is 48.9. The molecule has 1 aliphatic rings. The molecule has 0 aromatic heterocycles. The molecule has 31 heavy (non-hydrogen) atoms. The van der Waals surface area contributed by atoms with Crippen molar-refractivity contribution in [3.05, 3.63) is 27.1 Å². The number of ether oxygens (including phenoxy) is 4. The number of imide groups is 1. The zero-order valence-electron chi connectivity index (χ0n) is 17.3. The summed E-state index contributed by atoms with van der Waals surface area (Å²) in [5, 5.41) is -0.553. The molecule has 0 unspecified atom stereocenters. The first kappa shape index (κ1) is 24.7. The third-order valence-corrected chi connectivity index (χ3v) is 5.23. The maximum Gasteiger partial charge on any atom is 0.344 e. The number of amides is 2. The van der Waals surface area contributed by atoms with E-state index in [4.69, 9.17) is 18.9 Å². The molecule has 168 valence electrons. The normalized spacial score (nSPS) is 14.7. The third-order valence-electron chi connectivity index (χ3n) is 3.74. The van der Waals surface area contributed by atoms with Crippen LogP contribution in [0.15, 0.2) is 21.5 Å². The van der Waals surface area contributed by atoms with Gasteiger partial charge in [0.25, 0.3) is 11.1 Å². The molecule has 0 saturated carbocycles. The van der Waals surface area contributed by atoms with Crippen molar-refractivity contribution in [2.24, 2.45) is 0 Å². The van der Waals surface area contributed by atoms with Gasteiger partial charge in [0.2, 0.25) is 0 Å². The predicted octanol–water partition coefficient (Wildman–Crippen LogP) is 3.39. The number of thioether (sulfide) groups is 1. The molecular formula is C20H22BrNO8S. The molecule has 0 atom stereocenters. The van der Waals surface area contributed by atoms with Crippen molar-refractivity contribution in [3.8, 4) is 11.5 Å². The van der Waals surface area contributed by atoms with Crippen LogP contribution in [-0.2, 0) is 23.9 Å². The van der Waals surface area contributed by atoms with Crippen molar-refractivity contribution in [2.75, 3.05) is 33.0 Å². The van der Waals surface area contributed by atoms with E-state index in [1.165, 1.54) is 6.08 Å². The van der Waals surface area contributed by atoms with Crippen molar-refractivity contribution in [1.29, 1.82) is 0 Å². The summed E-state index contributed by atoms with van der Waals surface area (Å²) >= 11 is 4.11. The Morgan fingerprint density at radius 2 is 1.71 bits per heavy atom. The van der Waals surface area contributed by atoms with Crippen LogP contribution in [0.4, 0.5) is 4.79 Å². The molecule has 1 aliphatic heterocycles. The number of nitrogens with zero attached hydrogens (tertiary/aromatic N) is 1. The molecule has 1 fully saturated rings. The van der Waals surface area contributed by atoms with E-state index >= 15 is 0 Å².